The molecule has 318 valence electrons. The summed E-state index contributed by atoms with van der Waals surface area (Å²) in [6.45, 7) is 0. The van der Waals surface area contributed by atoms with Gasteiger partial charge in [0, 0.05) is 33.0 Å². The Labute approximate surface area is 394 Å². The van der Waals surface area contributed by atoms with Gasteiger partial charge in [0.1, 0.15) is 22.3 Å². The molecule has 68 heavy (non-hydrogen) atoms. The fraction of sp³-hybridized carbons (Fsp3) is 0.0303. The van der Waals surface area contributed by atoms with Gasteiger partial charge in [-0.1, -0.05) is 224 Å². The van der Waals surface area contributed by atoms with Crippen molar-refractivity contribution in [2.45, 2.75) is 11.3 Å². The maximum Gasteiger partial charge on any atom is 0.144 e. The molecule has 0 fully saturated rings. The molecule has 2 heterocycles. The minimum absolute atomic E-state index is 0.115. The molecule has 1 unspecified atom stereocenters. The molecule has 2 aromatic heterocycles. The van der Waals surface area contributed by atoms with E-state index in [0.29, 0.717) is 0 Å². The summed E-state index contributed by atoms with van der Waals surface area (Å²) < 4.78 is 13.9. The number of fused-ring (bicyclic) bond motifs is 10. The second-order valence-electron chi connectivity index (χ2n) is 18.3. The van der Waals surface area contributed by atoms with Crippen LogP contribution in [0, 0.1) is 0 Å². The van der Waals surface area contributed by atoms with Crippen molar-refractivity contribution in [2.75, 3.05) is 0 Å². The highest BCUT2D eigenvalue weighted by atomic mass is 16.3. The van der Waals surface area contributed by atoms with Crippen LogP contribution in [0.5, 0.6) is 0 Å². The third-order valence-corrected chi connectivity index (χ3v) is 14.7. The second kappa shape index (κ2) is 15.2. The lowest BCUT2D eigenvalue weighted by Gasteiger charge is -2.34. The third kappa shape index (κ3) is 5.77. The number of hydrogen-bond donors (Lipinski definition) is 0. The van der Waals surface area contributed by atoms with E-state index in [9.17, 15) is 0 Å². The first kappa shape index (κ1) is 38.5. The van der Waals surface area contributed by atoms with Crippen LogP contribution in [-0.4, -0.2) is 0 Å². The molecule has 0 N–H and O–H groups in total. The quantitative estimate of drug-likeness (QED) is 0.149. The molecule has 0 radical (unpaired) electrons. The smallest absolute Gasteiger partial charge is 0.144 e. The van der Waals surface area contributed by atoms with Gasteiger partial charge in [0.25, 0.3) is 0 Å². The van der Waals surface area contributed by atoms with Crippen molar-refractivity contribution in [3.63, 3.8) is 0 Å². The fourth-order valence-electron chi connectivity index (χ4n) is 11.6. The van der Waals surface area contributed by atoms with Crippen LogP contribution in [0.15, 0.2) is 258 Å². The molecule has 1 aliphatic carbocycles. The Kier molecular flexibility index (Phi) is 8.60. The third-order valence-electron chi connectivity index (χ3n) is 14.7. The lowest BCUT2D eigenvalue weighted by molar-refractivity contribution is 0.664. The molecule has 0 amide bonds. The second-order valence-corrected chi connectivity index (χ2v) is 18.3. The fourth-order valence-corrected chi connectivity index (χ4v) is 11.6. The van der Waals surface area contributed by atoms with Crippen molar-refractivity contribution in [1.29, 1.82) is 0 Å². The van der Waals surface area contributed by atoms with Crippen LogP contribution in [0.25, 0.3) is 88.0 Å². The summed E-state index contributed by atoms with van der Waals surface area (Å²) in [7, 11) is 0. The molecule has 14 rings (SSSR count). The van der Waals surface area contributed by atoms with Crippen LogP contribution >= 0.6 is 0 Å². The van der Waals surface area contributed by atoms with Crippen LogP contribution in [-0.2, 0) is 5.41 Å². The highest BCUT2D eigenvalue weighted by Crippen LogP contribution is 2.57. The van der Waals surface area contributed by atoms with Gasteiger partial charge in [-0.3, -0.25) is 0 Å². The Bertz CT molecular complexity index is 4030. The van der Waals surface area contributed by atoms with Crippen molar-refractivity contribution in [2.24, 2.45) is 0 Å². The SMILES string of the molecule is c1ccc(-c2ccc(C(c3ccc4c(c3)C(c3ccccc3)(c3ccccc3)c3ccccc3-4)c3ccc4c(c3)oc3c(-c5ccc6ccccc6c5)c5c(cc34)oc3ccccc35)cc2)cc1. The van der Waals surface area contributed by atoms with E-state index in [1.54, 1.807) is 0 Å². The van der Waals surface area contributed by atoms with Gasteiger partial charge in [0.15, 0.2) is 0 Å². The van der Waals surface area contributed by atoms with Gasteiger partial charge in [-0.15, -0.1) is 0 Å². The highest BCUT2D eigenvalue weighted by Gasteiger charge is 2.46. The monoisotopic (exact) mass is 866 g/mol. The van der Waals surface area contributed by atoms with Crippen molar-refractivity contribution in [1.82, 2.24) is 0 Å². The van der Waals surface area contributed by atoms with Crippen LogP contribution in [0.4, 0.5) is 0 Å². The number of para-hydroxylation sites is 1. The van der Waals surface area contributed by atoms with Crippen LogP contribution in [0.1, 0.15) is 44.9 Å². The Balaban J connectivity index is 1.01. The van der Waals surface area contributed by atoms with E-state index in [0.717, 1.165) is 60.6 Å². The minimum Gasteiger partial charge on any atom is -0.456 e. The van der Waals surface area contributed by atoms with Crippen LogP contribution in [0.2, 0.25) is 0 Å². The topological polar surface area (TPSA) is 26.3 Å². The molecule has 11 aromatic carbocycles. The molecule has 0 aliphatic heterocycles. The van der Waals surface area contributed by atoms with Crippen molar-refractivity contribution < 1.29 is 8.83 Å². The van der Waals surface area contributed by atoms with Crippen molar-refractivity contribution in [3.05, 3.63) is 288 Å². The molecule has 0 spiro atoms. The first-order valence-corrected chi connectivity index (χ1v) is 23.5. The summed E-state index contributed by atoms with van der Waals surface area (Å²) in [5.41, 5.74) is 18.7. The first-order chi connectivity index (χ1) is 33.7. The maximum atomic E-state index is 7.24. The molecular formula is C66H42O2. The molecule has 1 aliphatic rings. The van der Waals surface area contributed by atoms with E-state index in [4.69, 9.17) is 8.83 Å². The van der Waals surface area contributed by atoms with Crippen LogP contribution in [0.3, 0.4) is 0 Å². The van der Waals surface area contributed by atoms with Gasteiger partial charge < -0.3 is 8.83 Å². The average Bonchev–Trinajstić information content (AvgIpc) is 4.06. The van der Waals surface area contributed by atoms with Gasteiger partial charge in [-0.05, 0) is 102 Å². The van der Waals surface area contributed by atoms with E-state index in [1.807, 2.05) is 6.07 Å². The number of rotatable bonds is 7. The highest BCUT2D eigenvalue weighted by molar-refractivity contribution is 6.23. The summed E-state index contributed by atoms with van der Waals surface area (Å²) >= 11 is 0. The van der Waals surface area contributed by atoms with E-state index in [-0.39, 0.29) is 5.92 Å². The molecule has 0 saturated heterocycles. The Morgan fingerprint density at radius 3 is 1.72 bits per heavy atom. The molecule has 13 aromatic rings. The van der Waals surface area contributed by atoms with E-state index >= 15 is 0 Å². The normalized spacial score (nSPS) is 13.4. The Morgan fingerprint density at radius 2 is 0.926 bits per heavy atom. The molecule has 0 saturated carbocycles. The minimum atomic E-state index is -0.519. The van der Waals surface area contributed by atoms with Crippen molar-refractivity contribution in [3.8, 4) is 33.4 Å². The van der Waals surface area contributed by atoms with Crippen molar-refractivity contribution >= 4 is 54.6 Å². The lowest BCUT2D eigenvalue weighted by Crippen LogP contribution is -2.28. The molecule has 0 bridgehead atoms. The molecule has 2 heteroatoms. The standard InChI is InChI=1S/C66H42O2/c1-4-16-42(17-5-1)44-28-31-45(32-29-44)62(48-34-36-53-52-24-12-14-26-57(52)66(58(53)39-48,50-20-6-2-7-21-50)51-22-8-3-9-23-51)49-35-37-54-56-41-61-64(55-25-13-15-27-59(55)67-61)63(65(56)68-60(54)40-49)47-33-30-43-18-10-11-19-46(43)38-47/h1-41,62H. The lowest BCUT2D eigenvalue weighted by atomic mass is 9.67. The van der Waals surface area contributed by atoms with Gasteiger partial charge in [-0.2, -0.15) is 0 Å². The zero-order chi connectivity index (χ0) is 44.8. The Morgan fingerprint density at radius 1 is 0.324 bits per heavy atom. The zero-order valence-corrected chi connectivity index (χ0v) is 37.1. The van der Waals surface area contributed by atoms with Gasteiger partial charge in [-0.25, -0.2) is 0 Å². The maximum absolute atomic E-state index is 7.24. The summed E-state index contributed by atoms with van der Waals surface area (Å²) in [6, 6.07) is 90.8. The Hall–Kier alpha value is -8.72. The predicted octanol–water partition coefficient (Wildman–Crippen LogP) is 17.5. The average molecular weight is 867 g/mol. The van der Waals surface area contributed by atoms with E-state index in [1.165, 1.54) is 66.4 Å². The first-order valence-electron chi connectivity index (χ1n) is 23.5. The predicted molar refractivity (Wildman–Crippen MR) is 281 cm³/mol. The molecule has 1 atom stereocenters. The largest absolute Gasteiger partial charge is 0.456 e. The number of hydrogen-bond acceptors (Lipinski definition) is 2. The van der Waals surface area contributed by atoms with Gasteiger partial charge in [0.2, 0.25) is 0 Å². The van der Waals surface area contributed by atoms with Gasteiger partial charge >= 0.3 is 0 Å². The summed E-state index contributed by atoms with van der Waals surface area (Å²) in [6.07, 6.45) is 0. The number of furan rings is 2. The summed E-state index contributed by atoms with van der Waals surface area (Å²) in [5.74, 6) is -0.115. The van der Waals surface area contributed by atoms with Gasteiger partial charge in [0.05, 0.1) is 5.41 Å². The zero-order valence-electron chi connectivity index (χ0n) is 37.1. The van der Waals surface area contributed by atoms with E-state index in [2.05, 4.69) is 243 Å². The van der Waals surface area contributed by atoms with E-state index < -0.39 is 5.41 Å². The summed E-state index contributed by atoms with van der Waals surface area (Å²) in [5, 5.41) is 6.63. The van der Waals surface area contributed by atoms with Crippen LogP contribution < -0.4 is 0 Å². The molecule has 2 nitrogen and oxygen atoms in total. The number of benzene rings is 11. The molecular weight excluding hydrogens is 825 g/mol. The summed E-state index contributed by atoms with van der Waals surface area (Å²) in [4.78, 5) is 0.